The summed E-state index contributed by atoms with van der Waals surface area (Å²) >= 11 is 1.64. The summed E-state index contributed by atoms with van der Waals surface area (Å²) in [6.07, 6.45) is -2.64. The van der Waals surface area contributed by atoms with Gasteiger partial charge in [0, 0.05) is 23.5 Å². The van der Waals surface area contributed by atoms with E-state index in [1.807, 2.05) is 17.5 Å². The zero-order chi connectivity index (χ0) is 18.6. The normalized spacial score (nSPS) is 11.8. The number of aromatic nitrogens is 2. The SMILES string of the molecule is C=CCN(Cc1nc(-c2cccc(C(F)(F)F)c2)no1)Cc1cccs1. The first kappa shape index (κ1) is 18.3. The topological polar surface area (TPSA) is 42.2 Å². The van der Waals surface area contributed by atoms with Gasteiger partial charge in [0.1, 0.15) is 0 Å². The van der Waals surface area contributed by atoms with Crippen LogP contribution in [0.3, 0.4) is 0 Å². The first-order valence-corrected chi connectivity index (χ1v) is 8.69. The average molecular weight is 379 g/mol. The summed E-state index contributed by atoms with van der Waals surface area (Å²) in [4.78, 5) is 7.48. The second-order valence-corrected chi connectivity index (χ2v) is 6.66. The fourth-order valence-electron chi connectivity index (χ4n) is 2.45. The van der Waals surface area contributed by atoms with Gasteiger partial charge >= 0.3 is 6.18 Å². The molecule has 1 aromatic carbocycles. The number of benzene rings is 1. The molecule has 0 aliphatic carbocycles. The van der Waals surface area contributed by atoms with Gasteiger partial charge in [0.25, 0.3) is 0 Å². The van der Waals surface area contributed by atoms with E-state index in [4.69, 9.17) is 4.52 Å². The molecule has 3 rings (SSSR count). The minimum atomic E-state index is -4.41. The van der Waals surface area contributed by atoms with Gasteiger partial charge in [-0.1, -0.05) is 29.4 Å². The van der Waals surface area contributed by atoms with Gasteiger partial charge in [-0.25, -0.2) is 0 Å². The van der Waals surface area contributed by atoms with E-state index < -0.39 is 11.7 Å². The maximum atomic E-state index is 12.8. The van der Waals surface area contributed by atoms with Crippen LogP contribution in [-0.4, -0.2) is 21.6 Å². The Labute approximate surface area is 152 Å². The summed E-state index contributed by atoms with van der Waals surface area (Å²) in [5, 5.41) is 5.82. The summed E-state index contributed by atoms with van der Waals surface area (Å²) in [5.41, 5.74) is -0.476. The molecule has 0 atom stereocenters. The molecule has 2 heterocycles. The van der Waals surface area contributed by atoms with E-state index in [9.17, 15) is 13.2 Å². The van der Waals surface area contributed by atoms with Crippen LogP contribution in [0.25, 0.3) is 11.4 Å². The van der Waals surface area contributed by atoms with Gasteiger partial charge in [-0.3, -0.25) is 4.90 Å². The average Bonchev–Trinajstić information content (AvgIpc) is 3.26. The van der Waals surface area contributed by atoms with Gasteiger partial charge in [-0.05, 0) is 23.6 Å². The lowest BCUT2D eigenvalue weighted by molar-refractivity contribution is -0.137. The minimum absolute atomic E-state index is 0.140. The molecule has 0 radical (unpaired) electrons. The van der Waals surface area contributed by atoms with Crippen molar-refractivity contribution in [1.82, 2.24) is 15.0 Å². The highest BCUT2D eigenvalue weighted by molar-refractivity contribution is 7.09. The lowest BCUT2D eigenvalue weighted by Gasteiger charge is -2.17. The standard InChI is InChI=1S/C18H16F3N3OS/c1-2-8-24(11-15-7-4-9-26-15)12-16-22-17(23-25-16)13-5-3-6-14(10-13)18(19,20)21/h2-7,9-10H,1,8,11-12H2. The van der Waals surface area contributed by atoms with E-state index >= 15 is 0 Å². The van der Waals surface area contributed by atoms with Crippen LogP contribution >= 0.6 is 11.3 Å². The third-order valence-corrected chi connectivity index (χ3v) is 4.48. The molecule has 0 saturated carbocycles. The molecule has 0 unspecified atom stereocenters. The molecule has 0 bridgehead atoms. The van der Waals surface area contributed by atoms with E-state index in [0.29, 0.717) is 25.5 Å². The Morgan fingerprint density at radius 1 is 1.19 bits per heavy atom. The van der Waals surface area contributed by atoms with Crippen LogP contribution in [0.1, 0.15) is 16.3 Å². The Bertz CT molecular complexity index is 859. The van der Waals surface area contributed by atoms with Crippen LogP contribution in [-0.2, 0) is 19.3 Å². The van der Waals surface area contributed by atoms with Crippen molar-refractivity contribution in [3.8, 4) is 11.4 Å². The number of nitrogens with zero attached hydrogens (tertiary/aromatic N) is 3. The van der Waals surface area contributed by atoms with Crippen molar-refractivity contribution in [3.63, 3.8) is 0 Å². The molecular formula is C18H16F3N3OS. The summed E-state index contributed by atoms with van der Waals surface area (Å²) in [5.74, 6) is 0.483. The van der Waals surface area contributed by atoms with Gasteiger partial charge in [0.05, 0.1) is 12.1 Å². The summed E-state index contributed by atoms with van der Waals surface area (Å²) in [6.45, 7) is 5.45. The molecule has 0 fully saturated rings. The number of halogens is 3. The lowest BCUT2D eigenvalue weighted by atomic mass is 10.1. The number of alkyl halides is 3. The molecule has 0 aliphatic rings. The van der Waals surface area contributed by atoms with Crippen molar-refractivity contribution in [2.45, 2.75) is 19.3 Å². The fraction of sp³-hybridized carbons (Fsp3) is 0.222. The van der Waals surface area contributed by atoms with E-state index in [1.54, 1.807) is 17.4 Å². The van der Waals surface area contributed by atoms with Crippen molar-refractivity contribution in [1.29, 1.82) is 0 Å². The largest absolute Gasteiger partial charge is 0.416 e. The maximum Gasteiger partial charge on any atom is 0.416 e. The first-order valence-electron chi connectivity index (χ1n) is 7.81. The number of thiophene rings is 1. The zero-order valence-electron chi connectivity index (χ0n) is 13.7. The van der Waals surface area contributed by atoms with Crippen LogP contribution in [0, 0.1) is 0 Å². The predicted molar refractivity (Wildman–Crippen MR) is 93.4 cm³/mol. The Morgan fingerprint density at radius 3 is 2.73 bits per heavy atom. The van der Waals surface area contributed by atoms with E-state index in [2.05, 4.69) is 21.6 Å². The third kappa shape index (κ3) is 4.59. The van der Waals surface area contributed by atoms with Crippen molar-refractivity contribution in [2.75, 3.05) is 6.54 Å². The predicted octanol–water partition coefficient (Wildman–Crippen LogP) is 5.01. The molecule has 0 spiro atoms. The highest BCUT2D eigenvalue weighted by atomic mass is 32.1. The molecule has 8 heteroatoms. The molecular weight excluding hydrogens is 363 g/mol. The number of hydrogen-bond donors (Lipinski definition) is 0. The summed E-state index contributed by atoms with van der Waals surface area (Å²) < 4.78 is 43.8. The van der Waals surface area contributed by atoms with Gasteiger partial charge < -0.3 is 4.52 Å². The van der Waals surface area contributed by atoms with Crippen LogP contribution in [0.15, 0.2) is 59.0 Å². The molecule has 26 heavy (non-hydrogen) atoms. The fourth-order valence-corrected chi connectivity index (χ4v) is 3.20. The van der Waals surface area contributed by atoms with E-state index in [-0.39, 0.29) is 11.4 Å². The quantitative estimate of drug-likeness (QED) is 0.542. The Morgan fingerprint density at radius 2 is 2.04 bits per heavy atom. The Hall–Kier alpha value is -2.45. The molecule has 2 aromatic heterocycles. The van der Waals surface area contributed by atoms with Gasteiger partial charge in [0.15, 0.2) is 0 Å². The van der Waals surface area contributed by atoms with Crippen molar-refractivity contribution < 1.29 is 17.7 Å². The molecule has 0 amide bonds. The van der Waals surface area contributed by atoms with Crippen LogP contribution in [0.2, 0.25) is 0 Å². The van der Waals surface area contributed by atoms with Gasteiger partial charge in [0.2, 0.25) is 11.7 Å². The molecule has 4 nitrogen and oxygen atoms in total. The minimum Gasteiger partial charge on any atom is -0.338 e. The highest BCUT2D eigenvalue weighted by Gasteiger charge is 2.30. The van der Waals surface area contributed by atoms with E-state index in [0.717, 1.165) is 12.1 Å². The lowest BCUT2D eigenvalue weighted by Crippen LogP contribution is -2.22. The second-order valence-electron chi connectivity index (χ2n) is 5.63. The zero-order valence-corrected chi connectivity index (χ0v) is 14.6. The van der Waals surface area contributed by atoms with Crippen molar-refractivity contribution in [3.05, 3.63) is 70.8 Å². The molecule has 0 N–H and O–H groups in total. The van der Waals surface area contributed by atoms with Gasteiger partial charge in [-0.2, -0.15) is 18.2 Å². The maximum absolute atomic E-state index is 12.8. The molecule has 136 valence electrons. The molecule has 0 aliphatic heterocycles. The van der Waals surface area contributed by atoms with E-state index in [1.165, 1.54) is 17.0 Å². The number of hydrogen-bond acceptors (Lipinski definition) is 5. The Kier molecular flexibility index (Phi) is 5.53. The van der Waals surface area contributed by atoms with Gasteiger partial charge in [-0.15, -0.1) is 17.9 Å². The van der Waals surface area contributed by atoms with Crippen molar-refractivity contribution >= 4 is 11.3 Å². The van der Waals surface area contributed by atoms with Crippen molar-refractivity contribution in [2.24, 2.45) is 0 Å². The first-order chi connectivity index (χ1) is 12.5. The summed E-state index contributed by atoms with van der Waals surface area (Å²) in [7, 11) is 0. The summed E-state index contributed by atoms with van der Waals surface area (Å²) in [6, 6.07) is 8.89. The smallest absolute Gasteiger partial charge is 0.338 e. The monoisotopic (exact) mass is 379 g/mol. The van der Waals surface area contributed by atoms with Crippen LogP contribution in [0.5, 0.6) is 0 Å². The molecule has 0 saturated heterocycles. The van der Waals surface area contributed by atoms with Crippen LogP contribution < -0.4 is 0 Å². The third-order valence-electron chi connectivity index (χ3n) is 3.62. The molecule has 3 aromatic rings. The van der Waals surface area contributed by atoms with Crippen LogP contribution in [0.4, 0.5) is 13.2 Å². The highest BCUT2D eigenvalue weighted by Crippen LogP contribution is 2.31. The number of rotatable bonds is 7. The second kappa shape index (κ2) is 7.84. The Balaban J connectivity index is 1.75.